The second kappa shape index (κ2) is 8.26. The molecule has 6 nitrogen and oxygen atoms in total. The first-order valence-corrected chi connectivity index (χ1v) is 9.40. The van der Waals surface area contributed by atoms with Crippen LogP contribution in [0.2, 0.25) is 0 Å². The van der Waals surface area contributed by atoms with Crippen molar-refractivity contribution in [3.05, 3.63) is 52.8 Å². The van der Waals surface area contributed by atoms with Crippen molar-refractivity contribution in [2.75, 3.05) is 26.2 Å². The van der Waals surface area contributed by atoms with E-state index in [1.54, 1.807) is 12.1 Å². The van der Waals surface area contributed by atoms with Crippen LogP contribution in [0.25, 0.3) is 0 Å². The third kappa shape index (κ3) is 4.96. The van der Waals surface area contributed by atoms with Crippen LogP contribution in [-0.4, -0.2) is 63.7 Å². The molecule has 2 aromatic rings. The van der Waals surface area contributed by atoms with Crippen molar-refractivity contribution in [2.45, 2.75) is 33.0 Å². The SMILES string of the molecule is Cc1cc(C)n(Cc2ccc(C(=O)N3CCCN(C(=O)C(F)(F)F)CC3)cc2)n1. The normalized spacial score (nSPS) is 15.3. The summed E-state index contributed by atoms with van der Waals surface area (Å²) < 4.78 is 39.8. The van der Waals surface area contributed by atoms with Gasteiger partial charge >= 0.3 is 12.1 Å². The topological polar surface area (TPSA) is 58.4 Å². The van der Waals surface area contributed by atoms with Crippen LogP contribution in [0.15, 0.2) is 30.3 Å². The fraction of sp³-hybridized carbons (Fsp3) is 0.450. The molecule has 1 aromatic heterocycles. The molecule has 0 spiro atoms. The lowest BCUT2D eigenvalue weighted by Gasteiger charge is -2.23. The van der Waals surface area contributed by atoms with Gasteiger partial charge in [0, 0.05) is 37.4 Å². The van der Waals surface area contributed by atoms with Gasteiger partial charge in [0.05, 0.1) is 12.2 Å². The summed E-state index contributed by atoms with van der Waals surface area (Å²) in [6, 6.07) is 9.12. The number of nitrogens with zero attached hydrogens (tertiary/aromatic N) is 4. The highest BCUT2D eigenvalue weighted by molar-refractivity contribution is 5.94. The Labute approximate surface area is 166 Å². The summed E-state index contributed by atoms with van der Waals surface area (Å²) in [5.41, 5.74) is 3.45. The fourth-order valence-electron chi connectivity index (χ4n) is 3.45. The predicted molar refractivity (Wildman–Crippen MR) is 100 cm³/mol. The van der Waals surface area contributed by atoms with E-state index in [1.165, 1.54) is 4.90 Å². The van der Waals surface area contributed by atoms with Gasteiger partial charge in [-0.15, -0.1) is 0 Å². The number of aromatic nitrogens is 2. The number of aryl methyl sites for hydroxylation is 2. The molecule has 0 aliphatic carbocycles. The van der Waals surface area contributed by atoms with E-state index in [0.717, 1.165) is 21.9 Å². The van der Waals surface area contributed by atoms with E-state index in [9.17, 15) is 22.8 Å². The zero-order valence-corrected chi connectivity index (χ0v) is 16.4. The zero-order chi connectivity index (χ0) is 21.2. The summed E-state index contributed by atoms with van der Waals surface area (Å²) in [7, 11) is 0. The van der Waals surface area contributed by atoms with E-state index < -0.39 is 12.1 Å². The summed E-state index contributed by atoms with van der Waals surface area (Å²) in [5, 5.41) is 4.41. The highest BCUT2D eigenvalue weighted by Crippen LogP contribution is 2.20. The van der Waals surface area contributed by atoms with Gasteiger partial charge in [-0.05, 0) is 44.0 Å². The quantitative estimate of drug-likeness (QED) is 0.785. The molecule has 2 heterocycles. The molecule has 29 heavy (non-hydrogen) atoms. The second-order valence-corrected chi connectivity index (χ2v) is 7.22. The van der Waals surface area contributed by atoms with Gasteiger partial charge in [0.15, 0.2) is 0 Å². The lowest BCUT2D eigenvalue weighted by atomic mass is 10.1. The summed E-state index contributed by atoms with van der Waals surface area (Å²) in [6.45, 7) is 4.75. The summed E-state index contributed by atoms with van der Waals surface area (Å²) in [4.78, 5) is 26.4. The second-order valence-electron chi connectivity index (χ2n) is 7.22. The molecule has 1 aliphatic heterocycles. The van der Waals surface area contributed by atoms with Crippen LogP contribution in [0.4, 0.5) is 13.2 Å². The number of hydrogen-bond donors (Lipinski definition) is 0. The number of amides is 2. The van der Waals surface area contributed by atoms with E-state index in [2.05, 4.69) is 5.10 Å². The molecular weight excluding hydrogens is 385 g/mol. The van der Waals surface area contributed by atoms with E-state index in [1.807, 2.05) is 36.7 Å². The van der Waals surface area contributed by atoms with Crippen molar-refractivity contribution in [3.8, 4) is 0 Å². The van der Waals surface area contributed by atoms with Crippen molar-refractivity contribution in [3.63, 3.8) is 0 Å². The van der Waals surface area contributed by atoms with Gasteiger partial charge in [-0.2, -0.15) is 18.3 Å². The Morgan fingerprint density at radius 3 is 2.21 bits per heavy atom. The lowest BCUT2D eigenvalue weighted by Crippen LogP contribution is -2.43. The Hall–Kier alpha value is -2.84. The molecule has 0 bridgehead atoms. The third-order valence-electron chi connectivity index (χ3n) is 4.95. The van der Waals surface area contributed by atoms with Crippen LogP contribution >= 0.6 is 0 Å². The molecule has 1 fully saturated rings. The van der Waals surface area contributed by atoms with Crippen LogP contribution in [0.5, 0.6) is 0 Å². The summed E-state index contributed by atoms with van der Waals surface area (Å²) in [6.07, 6.45) is -4.58. The van der Waals surface area contributed by atoms with Crippen LogP contribution in [0.1, 0.15) is 33.7 Å². The fourth-order valence-corrected chi connectivity index (χ4v) is 3.45. The molecular formula is C20H23F3N4O2. The summed E-state index contributed by atoms with van der Waals surface area (Å²) in [5.74, 6) is -2.09. The molecule has 0 unspecified atom stereocenters. The zero-order valence-electron chi connectivity index (χ0n) is 16.4. The first-order chi connectivity index (χ1) is 13.6. The Morgan fingerprint density at radius 1 is 1.00 bits per heavy atom. The lowest BCUT2D eigenvalue weighted by molar-refractivity contribution is -0.185. The van der Waals surface area contributed by atoms with Crippen molar-refractivity contribution in [2.24, 2.45) is 0 Å². The highest BCUT2D eigenvalue weighted by atomic mass is 19.4. The van der Waals surface area contributed by atoms with Gasteiger partial charge in [0.2, 0.25) is 0 Å². The van der Waals surface area contributed by atoms with Crippen LogP contribution in [0.3, 0.4) is 0 Å². The van der Waals surface area contributed by atoms with E-state index in [0.29, 0.717) is 25.1 Å². The number of carbonyl (C=O) groups is 2. The molecule has 0 saturated carbocycles. The van der Waals surface area contributed by atoms with Crippen molar-refractivity contribution < 1.29 is 22.8 Å². The first kappa shape index (κ1) is 20.9. The molecule has 9 heteroatoms. The number of alkyl halides is 3. The molecule has 0 radical (unpaired) electrons. The van der Waals surface area contributed by atoms with Crippen LogP contribution in [0, 0.1) is 13.8 Å². The average Bonchev–Trinajstić information content (AvgIpc) is 2.86. The van der Waals surface area contributed by atoms with Crippen molar-refractivity contribution in [1.29, 1.82) is 0 Å². The summed E-state index contributed by atoms with van der Waals surface area (Å²) >= 11 is 0. The maximum absolute atomic E-state index is 12.7. The largest absolute Gasteiger partial charge is 0.471 e. The predicted octanol–water partition coefficient (Wildman–Crippen LogP) is 2.79. The number of halogens is 3. The third-order valence-corrected chi connectivity index (χ3v) is 4.95. The molecule has 0 N–H and O–H groups in total. The highest BCUT2D eigenvalue weighted by Gasteiger charge is 2.42. The van der Waals surface area contributed by atoms with Gasteiger partial charge in [-0.1, -0.05) is 12.1 Å². The van der Waals surface area contributed by atoms with Gasteiger partial charge in [0.25, 0.3) is 5.91 Å². The van der Waals surface area contributed by atoms with E-state index >= 15 is 0 Å². The van der Waals surface area contributed by atoms with E-state index in [-0.39, 0.29) is 25.5 Å². The molecule has 2 amide bonds. The smallest absolute Gasteiger partial charge is 0.337 e. The Balaban J connectivity index is 1.63. The number of carbonyl (C=O) groups excluding carboxylic acids is 2. The minimum atomic E-state index is -4.89. The standard InChI is InChI=1S/C20H23F3N4O2/c1-14-12-15(2)27(24-14)13-16-4-6-17(7-5-16)18(28)25-8-3-9-26(11-10-25)19(29)20(21,22)23/h4-7,12H,3,8-11,13H2,1-2H3. The number of rotatable bonds is 3. The Bertz CT molecular complexity index is 890. The minimum absolute atomic E-state index is 0.0102. The minimum Gasteiger partial charge on any atom is -0.337 e. The molecule has 1 aliphatic rings. The maximum atomic E-state index is 12.7. The van der Waals surface area contributed by atoms with Gasteiger partial charge in [-0.3, -0.25) is 14.3 Å². The van der Waals surface area contributed by atoms with Crippen molar-refractivity contribution in [1.82, 2.24) is 19.6 Å². The Kier molecular flexibility index (Phi) is 5.95. The van der Waals surface area contributed by atoms with Gasteiger partial charge in [0.1, 0.15) is 0 Å². The monoisotopic (exact) mass is 408 g/mol. The Morgan fingerprint density at radius 2 is 1.62 bits per heavy atom. The maximum Gasteiger partial charge on any atom is 0.471 e. The molecule has 156 valence electrons. The van der Waals surface area contributed by atoms with Crippen LogP contribution < -0.4 is 0 Å². The molecule has 1 aromatic carbocycles. The van der Waals surface area contributed by atoms with Gasteiger partial charge < -0.3 is 9.80 Å². The molecule has 1 saturated heterocycles. The number of hydrogen-bond acceptors (Lipinski definition) is 3. The van der Waals surface area contributed by atoms with Crippen molar-refractivity contribution >= 4 is 11.8 Å². The van der Waals surface area contributed by atoms with E-state index in [4.69, 9.17) is 0 Å². The first-order valence-electron chi connectivity index (χ1n) is 9.40. The van der Waals surface area contributed by atoms with Gasteiger partial charge in [-0.25, -0.2) is 0 Å². The molecule has 3 rings (SSSR count). The van der Waals surface area contributed by atoms with Crippen LogP contribution in [-0.2, 0) is 11.3 Å². The molecule has 0 atom stereocenters. The average molecular weight is 408 g/mol. The number of benzene rings is 1.